The second kappa shape index (κ2) is 6.81. The summed E-state index contributed by atoms with van der Waals surface area (Å²) in [6.45, 7) is 4.34. The average Bonchev–Trinajstić information content (AvgIpc) is 2.69. The maximum absolute atomic E-state index is 10.9. The predicted molar refractivity (Wildman–Crippen MR) is 64.9 cm³/mol. The van der Waals surface area contributed by atoms with E-state index in [2.05, 4.69) is 13.8 Å². The highest BCUT2D eigenvalue weighted by Crippen LogP contribution is 2.37. The smallest absolute Gasteiger partial charge is 0.145 e. The number of hydrogen-bond donors (Lipinski definition) is 0. The van der Waals surface area contributed by atoms with Crippen molar-refractivity contribution in [2.24, 2.45) is 5.92 Å². The molecular formula is C14H24O. The van der Waals surface area contributed by atoms with E-state index in [1.54, 1.807) is 0 Å². The van der Waals surface area contributed by atoms with Crippen molar-refractivity contribution in [1.29, 1.82) is 0 Å². The molecule has 1 atom stereocenters. The Morgan fingerprint density at radius 3 is 2.80 bits per heavy atom. The molecule has 0 radical (unpaired) electrons. The fraction of sp³-hybridized carbons (Fsp3) is 0.786. The Hall–Kier alpha value is -0.590. The van der Waals surface area contributed by atoms with Crippen LogP contribution in [0.4, 0.5) is 0 Å². The van der Waals surface area contributed by atoms with Gasteiger partial charge in [0.15, 0.2) is 0 Å². The van der Waals surface area contributed by atoms with E-state index >= 15 is 0 Å². The summed E-state index contributed by atoms with van der Waals surface area (Å²) in [5.74, 6) is 0.733. The third kappa shape index (κ3) is 3.48. The molecule has 0 spiro atoms. The Balaban J connectivity index is 2.55. The predicted octanol–water partition coefficient (Wildman–Crippen LogP) is 4.27. The maximum Gasteiger partial charge on any atom is 0.145 e. The minimum absolute atomic E-state index is 0.733. The van der Waals surface area contributed by atoms with Crippen molar-refractivity contribution in [3.63, 3.8) is 0 Å². The molecule has 0 N–H and O–H groups in total. The summed E-state index contributed by atoms with van der Waals surface area (Å²) in [5.41, 5.74) is 2.58. The van der Waals surface area contributed by atoms with E-state index in [-0.39, 0.29) is 0 Å². The van der Waals surface area contributed by atoms with Crippen LogP contribution in [0.3, 0.4) is 0 Å². The van der Waals surface area contributed by atoms with Gasteiger partial charge in [-0.05, 0) is 43.6 Å². The molecule has 1 rings (SSSR count). The van der Waals surface area contributed by atoms with Gasteiger partial charge in [0.05, 0.1) is 0 Å². The molecule has 0 aromatic carbocycles. The number of unbranched alkanes of at least 4 members (excludes halogenated alkanes) is 2. The Bertz CT molecular complexity index is 227. The van der Waals surface area contributed by atoms with Crippen LogP contribution in [-0.2, 0) is 4.79 Å². The zero-order valence-corrected chi connectivity index (χ0v) is 10.2. The molecule has 0 bridgehead atoms. The highest BCUT2D eigenvalue weighted by molar-refractivity contribution is 5.74. The molecule has 1 fully saturated rings. The van der Waals surface area contributed by atoms with E-state index in [0.717, 1.165) is 24.2 Å². The quantitative estimate of drug-likeness (QED) is 0.362. The van der Waals surface area contributed by atoms with Gasteiger partial charge in [-0.25, -0.2) is 0 Å². The number of rotatable bonds is 6. The van der Waals surface area contributed by atoms with Crippen molar-refractivity contribution in [3.05, 3.63) is 11.1 Å². The van der Waals surface area contributed by atoms with Crippen LogP contribution < -0.4 is 0 Å². The van der Waals surface area contributed by atoms with Crippen molar-refractivity contribution >= 4 is 6.29 Å². The summed E-state index contributed by atoms with van der Waals surface area (Å²) in [6, 6.07) is 0. The first-order valence-electron chi connectivity index (χ1n) is 6.50. The molecule has 0 saturated heterocycles. The van der Waals surface area contributed by atoms with Gasteiger partial charge in [0.2, 0.25) is 0 Å². The third-order valence-electron chi connectivity index (χ3n) is 3.58. The Morgan fingerprint density at radius 1 is 1.40 bits per heavy atom. The molecule has 1 saturated carbocycles. The molecule has 0 amide bonds. The SMILES string of the molecule is CCCCCC1CCCC1=C(C=O)CC. The van der Waals surface area contributed by atoms with Gasteiger partial charge in [-0.2, -0.15) is 0 Å². The van der Waals surface area contributed by atoms with Gasteiger partial charge in [-0.1, -0.05) is 38.7 Å². The molecule has 0 aromatic heterocycles. The second-order valence-corrected chi connectivity index (χ2v) is 4.61. The monoisotopic (exact) mass is 208 g/mol. The average molecular weight is 208 g/mol. The van der Waals surface area contributed by atoms with Gasteiger partial charge in [-0.15, -0.1) is 0 Å². The van der Waals surface area contributed by atoms with Crippen molar-refractivity contribution in [3.8, 4) is 0 Å². The summed E-state index contributed by atoms with van der Waals surface area (Å²) >= 11 is 0. The van der Waals surface area contributed by atoms with Crippen molar-refractivity contribution in [2.75, 3.05) is 0 Å². The molecule has 15 heavy (non-hydrogen) atoms. The van der Waals surface area contributed by atoms with Gasteiger partial charge in [0.1, 0.15) is 6.29 Å². The van der Waals surface area contributed by atoms with E-state index in [0.29, 0.717) is 0 Å². The van der Waals surface area contributed by atoms with Crippen LogP contribution in [0.5, 0.6) is 0 Å². The number of carbonyl (C=O) groups is 1. The van der Waals surface area contributed by atoms with Crippen molar-refractivity contribution in [2.45, 2.75) is 65.2 Å². The summed E-state index contributed by atoms with van der Waals surface area (Å²) in [7, 11) is 0. The van der Waals surface area contributed by atoms with Gasteiger partial charge in [0.25, 0.3) is 0 Å². The molecule has 86 valence electrons. The van der Waals surface area contributed by atoms with Gasteiger partial charge in [0, 0.05) is 0 Å². The number of hydrogen-bond acceptors (Lipinski definition) is 1. The minimum atomic E-state index is 0.733. The fourth-order valence-electron chi connectivity index (χ4n) is 2.69. The lowest BCUT2D eigenvalue weighted by molar-refractivity contribution is -0.105. The van der Waals surface area contributed by atoms with Crippen LogP contribution in [-0.4, -0.2) is 6.29 Å². The summed E-state index contributed by atoms with van der Waals surface area (Å²) in [6.07, 6.45) is 11.1. The van der Waals surface area contributed by atoms with Crippen LogP contribution >= 0.6 is 0 Å². The molecule has 0 aliphatic heterocycles. The second-order valence-electron chi connectivity index (χ2n) is 4.61. The molecule has 1 aliphatic rings. The van der Waals surface area contributed by atoms with Gasteiger partial charge in [-0.3, -0.25) is 4.79 Å². The lowest BCUT2D eigenvalue weighted by Crippen LogP contribution is -2.01. The highest BCUT2D eigenvalue weighted by atomic mass is 16.1. The van der Waals surface area contributed by atoms with Crippen LogP contribution in [0.25, 0.3) is 0 Å². The number of aldehydes is 1. The molecule has 0 heterocycles. The topological polar surface area (TPSA) is 17.1 Å². The zero-order valence-electron chi connectivity index (χ0n) is 10.2. The lowest BCUT2D eigenvalue weighted by Gasteiger charge is -2.13. The van der Waals surface area contributed by atoms with Crippen molar-refractivity contribution in [1.82, 2.24) is 0 Å². The van der Waals surface area contributed by atoms with Crippen LogP contribution in [0.2, 0.25) is 0 Å². The van der Waals surface area contributed by atoms with Crippen molar-refractivity contribution < 1.29 is 4.79 Å². The van der Waals surface area contributed by atoms with Gasteiger partial charge < -0.3 is 0 Å². The first-order chi connectivity index (χ1) is 7.33. The van der Waals surface area contributed by atoms with E-state index in [1.165, 1.54) is 50.5 Å². The zero-order chi connectivity index (χ0) is 11.1. The largest absolute Gasteiger partial charge is 0.298 e. The molecular weight excluding hydrogens is 184 g/mol. The Morgan fingerprint density at radius 2 is 2.20 bits per heavy atom. The Labute approximate surface area is 93.9 Å². The normalized spacial score (nSPS) is 24.3. The van der Waals surface area contributed by atoms with Crippen LogP contribution in [0, 0.1) is 5.92 Å². The maximum atomic E-state index is 10.9. The third-order valence-corrected chi connectivity index (χ3v) is 3.58. The number of allylic oxidation sites excluding steroid dienone is 2. The molecule has 0 aromatic rings. The van der Waals surface area contributed by atoms with E-state index in [1.807, 2.05) is 0 Å². The summed E-state index contributed by atoms with van der Waals surface area (Å²) < 4.78 is 0. The summed E-state index contributed by atoms with van der Waals surface area (Å²) in [4.78, 5) is 10.9. The van der Waals surface area contributed by atoms with Gasteiger partial charge >= 0.3 is 0 Å². The first kappa shape index (κ1) is 12.5. The molecule has 1 nitrogen and oxygen atoms in total. The van der Waals surface area contributed by atoms with E-state index in [4.69, 9.17) is 0 Å². The van der Waals surface area contributed by atoms with Crippen LogP contribution in [0.15, 0.2) is 11.1 Å². The molecule has 1 aliphatic carbocycles. The minimum Gasteiger partial charge on any atom is -0.298 e. The van der Waals surface area contributed by atoms with E-state index < -0.39 is 0 Å². The molecule has 1 unspecified atom stereocenters. The molecule has 1 heteroatoms. The fourth-order valence-corrected chi connectivity index (χ4v) is 2.69. The lowest BCUT2D eigenvalue weighted by atomic mass is 9.92. The number of carbonyl (C=O) groups excluding carboxylic acids is 1. The van der Waals surface area contributed by atoms with Crippen LogP contribution in [0.1, 0.15) is 65.2 Å². The first-order valence-corrected chi connectivity index (χ1v) is 6.50. The highest BCUT2D eigenvalue weighted by Gasteiger charge is 2.22. The Kier molecular flexibility index (Phi) is 5.67. The standard InChI is InChI=1S/C14H24O/c1-3-5-6-8-13-9-7-10-14(13)12(4-2)11-15/h11,13H,3-10H2,1-2H3. The summed E-state index contributed by atoms with van der Waals surface area (Å²) in [5, 5.41) is 0. The van der Waals surface area contributed by atoms with E-state index in [9.17, 15) is 4.79 Å².